The van der Waals surface area contributed by atoms with E-state index in [2.05, 4.69) is 15.5 Å². The lowest BCUT2D eigenvalue weighted by atomic mass is 10.1. The zero-order chi connectivity index (χ0) is 14.5. The van der Waals surface area contributed by atoms with Crippen molar-refractivity contribution >= 4 is 28.6 Å². The number of aromatic nitrogens is 1. The minimum absolute atomic E-state index is 0.153. The van der Waals surface area contributed by atoms with Crippen molar-refractivity contribution in [2.45, 2.75) is 6.92 Å². The minimum atomic E-state index is -0.369. The largest absolute Gasteiger partial charge is 0.382 e. The number of thiazole rings is 1. The Hall–Kier alpha value is -2.72. The summed E-state index contributed by atoms with van der Waals surface area (Å²) in [6, 6.07) is 9.30. The maximum atomic E-state index is 8.81. The van der Waals surface area contributed by atoms with E-state index in [0.29, 0.717) is 0 Å². The molecule has 0 aliphatic heterocycles. The number of amidine groups is 1. The van der Waals surface area contributed by atoms with Crippen LogP contribution in [0.2, 0.25) is 0 Å². The van der Waals surface area contributed by atoms with E-state index in [1.54, 1.807) is 23.6 Å². The number of para-hydroxylation sites is 1. The first kappa shape index (κ1) is 13.7. The summed E-state index contributed by atoms with van der Waals surface area (Å²) < 4.78 is 0. The molecule has 0 unspecified atom stereocenters. The van der Waals surface area contributed by atoms with Crippen molar-refractivity contribution in [2.24, 2.45) is 10.8 Å². The van der Waals surface area contributed by atoms with Gasteiger partial charge in [-0.3, -0.25) is 10.8 Å². The van der Waals surface area contributed by atoms with Crippen LogP contribution in [0, 0.1) is 23.7 Å². The van der Waals surface area contributed by atoms with Gasteiger partial charge in [-0.05, 0) is 13.0 Å². The van der Waals surface area contributed by atoms with E-state index in [9.17, 15) is 0 Å². The Morgan fingerprint density at radius 3 is 2.85 bits per heavy atom. The molecule has 1 aromatic carbocycles. The highest BCUT2D eigenvalue weighted by atomic mass is 32.1. The van der Waals surface area contributed by atoms with Crippen LogP contribution in [0.1, 0.15) is 5.01 Å². The van der Waals surface area contributed by atoms with Gasteiger partial charge in [-0.2, -0.15) is 10.4 Å². The number of nitriles is 1. The minimum Gasteiger partial charge on any atom is -0.382 e. The van der Waals surface area contributed by atoms with Crippen molar-refractivity contribution in [2.75, 3.05) is 5.43 Å². The molecule has 100 valence electrons. The van der Waals surface area contributed by atoms with E-state index in [0.717, 1.165) is 21.1 Å². The van der Waals surface area contributed by atoms with Gasteiger partial charge in [0, 0.05) is 11.8 Å². The number of nitrogens with two attached hydrogens (primary N) is 1. The van der Waals surface area contributed by atoms with Crippen molar-refractivity contribution in [3.05, 3.63) is 35.5 Å². The second-order valence-electron chi connectivity index (χ2n) is 3.89. The molecule has 6 nitrogen and oxygen atoms in total. The fourth-order valence-electron chi connectivity index (χ4n) is 1.54. The predicted molar refractivity (Wildman–Crippen MR) is 80.9 cm³/mol. The molecule has 0 aliphatic rings. The number of benzene rings is 1. The van der Waals surface area contributed by atoms with Gasteiger partial charge >= 0.3 is 0 Å². The number of hydrogen-bond acceptors (Lipinski definition) is 6. The third kappa shape index (κ3) is 2.99. The molecule has 0 spiro atoms. The van der Waals surface area contributed by atoms with Crippen LogP contribution in [0.4, 0.5) is 5.69 Å². The molecule has 7 heteroatoms. The lowest BCUT2D eigenvalue weighted by molar-refractivity contribution is 1.30. The molecule has 0 fully saturated rings. The molecule has 0 saturated carbocycles. The second kappa shape index (κ2) is 5.95. The monoisotopic (exact) mass is 284 g/mol. The van der Waals surface area contributed by atoms with Crippen molar-refractivity contribution in [1.29, 1.82) is 10.7 Å². The SMILES string of the molecule is Cc1ncc(-c2ccccc2N/N=C(\C#N)C(=N)N)s1. The summed E-state index contributed by atoms with van der Waals surface area (Å²) in [7, 11) is 0. The zero-order valence-corrected chi connectivity index (χ0v) is 11.5. The molecule has 20 heavy (non-hydrogen) atoms. The highest BCUT2D eigenvalue weighted by molar-refractivity contribution is 7.15. The van der Waals surface area contributed by atoms with Gasteiger partial charge in [0.15, 0.2) is 5.84 Å². The summed E-state index contributed by atoms with van der Waals surface area (Å²) in [5.41, 5.74) is 9.53. The molecule has 0 bridgehead atoms. The molecule has 0 amide bonds. The summed E-state index contributed by atoms with van der Waals surface area (Å²) in [5, 5.41) is 20.8. The summed E-state index contributed by atoms with van der Waals surface area (Å²) in [5.74, 6) is -0.369. The van der Waals surface area contributed by atoms with Crippen molar-refractivity contribution in [1.82, 2.24) is 4.98 Å². The third-order valence-electron chi connectivity index (χ3n) is 2.46. The fourth-order valence-corrected chi connectivity index (χ4v) is 2.36. The summed E-state index contributed by atoms with van der Waals surface area (Å²) in [4.78, 5) is 5.22. The van der Waals surface area contributed by atoms with Gasteiger partial charge in [-0.15, -0.1) is 11.3 Å². The number of hydrazone groups is 1. The first-order chi connectivity index (χ1) is 9.61. The molecule has 0 radical (unpaired) electrons. The molecule has 0 atom stereocenters. The Kier molecular flexibility index (Phi) is 4.08. The average Bonchev–Trinajstić information content (AvgIpc) is 2.86. The maximum Gasteiger partial charge on any atom is 0.201 e. The van der Waals surface area contributed by atoms with Crippen LogP contribution >= 0.6 is 11.3 Å². The van der Waals surface area contributed by atoms with E-state index < -0.39 is 0 Å². The Morgan fingerprint density at radius 1 is 1.50 bits per heavy atom. The van der Waals surface area contributed by atoms with E-state index in [4.69, 9.17) is 16.4 Å². The molecule has 1 heterocycles. The molecule has 2 aromatic rings. The number of nitrogens with zero attached hydrogens (tertiary/aromatic N) is 3. The predicted octanol–water partition coefficient (Wildman–Crippen LogP) is 2.35. The van der Waals surface area contributed by atoms with Crippen molar-refractivity contribution < 1.29 is 0 Å². The maximum absolute atomic E-state index is 8.81. The molecule has 2 rings (SSSR count). The summed E-state index contributed by atoms with van der Waals surface area (Å²) in [6.07, 6.45) is 1.79. The quantitative estimate of drug-likeness (QED) is 0.454. The summed E-state index contributed by atoms with van der Waals surface area (Å²) >= 11 is 1.57. The third-order valence-corrected chi connectivity index (χ3v) is 3.41. The van der Waals surface area contributed by atoms with Crippen LogP contribution in [0.5, 0.6) is 0 Å². The Labute approximate surface area is 120 Å². The normalized spacial score (nSPS) is 10.9. The van der Waals surface area contributed by atoms with E-state index in [-0.39, 0.29) is 11.5 Å². The Bertz CT molecular complexity index is 710. The van der Waals surface area contributed by atoms with Gasteiger partial charge in [0.25, 0.3) is 0 Å². The van der Waals surface area contributed by atoms with Gasteiger partial charge in [0.1, 0.15) is 6.07 Å². The highest BCUT2D eigenvalue weighted by Gasteiger charge is 2.08. The molecule has 0 saturated heterocycles. The molecular weight excluding hydrogens is 272 g/mol. The molecule has 1 aromatic heterocycles. The zero-order valence-electron chi connectivity index (χ0n) is 10.7. The van der Waals surface area contributed by atoms with Gasteiger partial charge in [-0.25, -0.2) is 4.98 Å². The number of anilines is 1. The van der Waals surface area contributed by atoms with E-state index in [1.165, 1.54) is 0 Å². The van der Waals surface area contributed by atoms with E-state index >= 15 is 0 Å². The first-order valence-electron chi connectivity index (χ1n) is 5.72. The topological polar surface area (TPSA) is 111 Å². The number of aryl methyl sites for hydroxylation is 1. The number of rotatable bonds is 4. The smallest absolute Gasteiger partial charge is 0.201 e. The summed E-state index contributed by atoms with van der Waals surface area (Å²) in [6.45, 7) is 1.94. The number of nitrogens with one attached hydrogen (secondary N) is 2. The van der Waals surface area contributed by atoms with Crippen LogP contribution in [0.3, 0.4) is 0 Å². The van der Waals surface area contributed by atoms with E-state index in [1.807, 2.05) is 31.2 Å². The van der Waals surface area contributed by atoms with Crippen LogP contribution in [0.15, 0.2) is 35.6 Å². The van der Waals surface area contributed by atoms with Gasteiger partial charge in [0.2, 0.25) is 5.71 Å². The first-order valence-corrected chi connectivity index (χ1v) is 6.53. The molecule has 0 aliphatic carbocycles. The van der Waals surface area contributed by atoms with Gasteiger partial charge < -0.3 is 5.73 Å². The second-order valence-corrected chi connectivity index (χ2v) is 5.12. The van der Waals surface area contributed by atoms with Crippen molar-refractivity contribution in [3.8, 4) is 16.5 Å². The van der Waals surface area contributed by atoms with Crippen molar-refractivity contribution in [3.63, 3.8) is 0 Å². The lowest BCUT2D eigenvalue weighted by Gasteiger charge is -2.06. The van der Waals surface area contributed by atoms with Crippen LogP contribution < -0.4 is 11.2 Å². The molecule has 4 N–H and O–H groups in total. The highest BCUT2D eigenvalue weighted by Crippen LogP contribution is 2.31. The Morgan fingerprint density at radius 2 is 2.25 bits per heavy atom. The van der Waals surface area contributed by atoms with Crippen LogP contribution in [-0.2, 0) is 0 Å². The van der Waals surface area contributed by atoms with Gasteiger partial charge in [-0.1, -0.05) is 18.2 Å². The van der Waals surface area contributed by atoms with Crippen LogP contribution in [0.25, 0.3) is 10.4 Å². The standard InChI is InChI=1S/C13H12N6S/c1-8-17-7-12(20-8)9-4-2-3-5-10(9)18-19-11(6-14)13(15)16/h2-5,7,18H,1H3,(H3,15,16)/b19-11+. The average molecular weight is 284 g/mol. The van der Waals surface area contributed by atoms with Gasteiger partial charge in [0.05, 0.1) is 15.6 Å². The fraction of sp³-hybridized carbons (Fsp3) is 0.0769. The lowest BCUT2D eigenvalue weighted by Crippen LogP contribution is -2.21. The Balaban J connectivity index is 2.35. The molecular formula is C13H12N6S. The van der Waals surface area contributed by atoms with Crippen LogP contribution in [-0.4, -0.2) is 16.5 Å². The number of hydrogen-bond donors (Lipinski definition) is 3.